The Morgan fingerprint density at radius 3 is 2.60 bits per heavy atom. The van der Waals surface area contributed by atoms with E-state index in [1.807, 2.05) is 20.9 Å². The second kappa shape index (κ2) is 3.65. The van der Waals surface area contributed by atoms with Crippen molar-refractivity contribution in [2.45, 2.75) is 24.9 Å². The summed E-state index contributed by atoms with van der Waals surface area (Å²) < 4.78 is 1.66. The Bertz CT molecular complexity index is 471. The largest absolute Gasteiger partial charge is 0.262 e. The van der Waals surface area contributed by atoms with Crippen molar-refractivity contribution in [3.63, 3.8) is 0 Å². The third kappa shape index (κ3) is 1.74. The second-order valence-electron chi connectivity index (χ2n) is 3.53. The van der Waals surface area contributed by atoms with Crippen LogP contribution in [-0.4, -0.2) is 30.0 Å². The molecule has 0 fully saturated rings. The highest BCUT2D eigenvalue weighted by Crippen LogP contribution is 2.21. The fourth-order valence-electron chi connectivity index (χ4n) is 1.14. The summed E-state index contributed by atoms with van der Waals surface area (Å²) in [6, 6.07) is 0.200. The molecule has 7 heteroatoms. The van der Waals surface area contributed by atoms with Gasteiger partial charge in [-0.3, -0.25) is 4.68 Å². The monoisotopic (exact) mass is 224 g/mol. The van der Waals surface area contributed by atoms with Crippen LogP contribution in [0.25, 0.3) is 11.4 Å². The van der Waals surface area contributed by atoms with Crippen molar-refractivity contribution in [2.24, 2.45) is 7.05 Å². The molecule has 0 saturated heterocycles. The molecule has 0 aliphatic heterocycles. The van der Waals surface area contributed by atoms with Gasteiger partial charge < -0.3 is 0 Å². The van der Waals surface area contributed by atoms with Crippen LogP contribution in [0.1, 0.15) is 19.9 Å². The van der Waals surface area contributed by atoms with E-state index in [9.17, 15) is 0 Å². The van der Waals surface area contributed by atoms with Crippen LogP contribution in [0.3, 0.4) is 0 Å². The summed E-state index contributed by atoms with van der Waals surface area (Å²) in [6.07, 6.45) is 1.68. The van der Waals surface area contributed by atoms with Crippen LogP contribution in [0.2, 0.25) is 0 Å². The molecule has 0 atom stereocenters. The fourth-order valence-corrected chi connectivity index (χ4v) is 1.35. The van der Waals surface area contributed by atoms with E-state index < -0.39 is 0 Å². The third-order valence-electron chi connectivity index (χ3n) is 2.04. The van der Waals surface area contributed by atoms with E-state index in [2.05, 4.69) is 33.1 Å². The number of thiol groups is 1. The first-order valence-electron chi connectivity index (χ1n) is 4.60. The number of hydrogen-bond donors (Lipinski definition) is 1. The molecule has 80 valence electrons. The van der Waals surface area contributed by atoms with E-state index in [0.29, 0.717) is 5.82 Å². The lowest BCUT2D eigenvalue weighted by atomic mass is 10.3. The van der Waals surface area contributed by atoms with Crippen LogP contribution in [-0.2, 0) is 7.05 Å². The highest BCUT2D eigenvalue weighted by Gasteiger charge is 2.13. The molecule has 0 N–H and O–H groups in total. The van der Waals surface area contributed by atoms with E-state index in [1.54, 1.807) is 15.7 Å². The SMILES string of the molecule is CC(C)n1nnc(-c2cnn(C)c2S)n1. The van der Waals surface area contributed by atoms with Crippen LogP contribution in [0.5, 0.6) is 0 Å². The first-order valence-corrected chi connectivity index (χ1v) is 5.05. The molecule has 0 amide bonds. The van der Waals surface area contributed by atoms with Gasteiger partial charge in [-0.25, -0.2) is 0 Å². The molecule has 0 aliphatic rings. The molecule has 0 saturated carbocycles. The normalized spacial score (nSPS) is 11.3. The zero-order valence-corrected chi connectivity index (χ0v) is 9.68. The maximum Gasteiger partial charge on any atom is 0.209 e. The minimum atomic E-state index is 0.200. The number of aryl methyl sites for hydroxylation is 1. The Kier molecular flexibility index (Phi) is 2.47. The van der Waals surface area contributed by atoms with Gasteiger partial charge in [0.05, 0.1) is 17.8 Å². The topological polar surface area (TPSA) is 61.4 Å². The molecule has 0 bridgehead atoms. The Balaban J connectivity index is 2.41. The van der Waals surface area contributed by atoms with Gasteiger partial charge in [0.1, 0.15) is 5.03 Å². The summed E-state index contributed by atoms with van der Waals surface area (Å²) in [5.41, 5.74) is 0.799. The highest BCUT2D eigenvalue weighted by atomic mass is 32.1. The molecule has 6 nitrogen and oxygen atoms in total. The zero-order valence-electron chi connectivity index (χ0n) is 8.79. The summed E-state index contributed by atoms with van der Waals surface area (Å²) in [7, 11) is 1.82. The standard InChI is InChI=1S/C8H12N6S/c1-5(2)14-11-7(10-12-14)6-4-9-13(3)8(6)15/h4-5,15H,1-3H3. The maximum absolute atomic E-state index is 4.32. The molecule has 15 heavy (non-hydrogen) atoms. The van der Waals surface area contributed by atoms with Crippen molar-refractivity contribution < 1.29 is 0 Å². The Hall–Kier alpha value is -1.37. The summed E-state index contributed by atoms with van der Waals surface area (Å²) in [6.45, 7) is 3.99. The van der Waals surface area contributed by atoms with Crippen molar-refractivity contribution in [3.05, 3.63) is 6.20 Å². The van der Waals surface area contributed by atoms with E-state index in [4.69, 9.17) is 0 Å². The molecule has 2 rings (SSSR count). The number of hydrogen-bond acceptors (Lipinski definition) is 5. The first-order chi connectivity index (χ1) is 7.09. The molecule has 2 heterocycles. The average Bonchev–Trinajstić information content (AvgIpc) is 2.76. The predicted molar refractivity (Wildman–Crippen MR) is 57.7 cm³/mol. The smallest absolute Gasteiger partial charge is 0.209 e. The van der Waals surface area contributed by atoms with Gasteiger partial charge in [-0.2, -0.15) is 9.90 Å². The van der Waals surface area contributed by atoms with E-state index in [-0.39, 0.29) is 6.04 Å². The number of tetrazole rings is 1. The number of aromatic nitrogens is 6. The predicted octanol–water partition coefficient (Wildman–Crippen LogP) is 0.943. The molecule has 0 aromatic carbocycles. The zero-order chi connectivity index (χ0) is 11.0. The van der Waals surface area contributed by atoms with Gasteiger partial charge in [0.15, 0.2) is 0 Å². The minimum Gasteiger partial charge on any atom is -0.262 e. The van der Waals surface area contributed by atoms with Crippen LogP contribution in [0, 0.1) is 0 Å². The second-order valence-corrected chi connectivity index (χ2v) is 3.96. The van der Waals surface area contributed by atoms with Crippen molar-refractivity contribution in [2.75, 3.05) is 0 Å². The van der Waals surface area contributed by atoms with Gasteiger partial charge in [-0.05, 0) is 19.1 Å². The summed E-state index contributed by atoms with van der Waals surface area (Å²) in [4.78, 5) is 1.57. The lowest BCUT2D eigenvalue weighted by molar-refractivity contribution is 0.455. The van der Waals surface area contributed by atoms with Gasteiger partial charge in [0.2, 0.25) is 5.82 Å². The average molecular weight is 224 g/mol. The van der Waals surface area contributed by atoms with E-state index >= 15 is 0 Å². The Morgan fingerprint density at radius 2 is 2.13 bits per heavy atom. The molecular weight excluding hydrogens is 212 g/mol. The van der Waals surface area contributed by atoms with Crippen LogP contribution < -0.4 is 0 Å². The van der Waals surface area contributed by atoms with Crippen LogP contribution >= 0.6 is 12.6 Å². The van der Waals surface area contributed by atoms with E-state index in [1.165, 1.54) is 0 Å². The van der Waals surface area contributed by atoms with Crippen LogP contribution in [0.4, 0.5) is 0 Å². The van der Waals surface area contributed by atoms with Gasteiger partial charge in [-0.1, -0.05) is 0 Å². The van der Waals surface area contributed by atoms with Crippen molar-refractivity contribution in [1.29, 1.82) is 0 Å². The maximum atomic E-state index is 4.32. The van der Waals surface area contributed by atoms with Crippen LogP contribution in [0.15, 0.2) is 11.2 Å². The third-order valence-corrected chi connectivity index (χ3v) is 2.57. The highest BCUT2D eigenvalue weighted by molar-refractivity contribution is 7.80. The molecule has 0 radical (unpaired) electrons. The van der Waals surface area contributed by atoms with Gasteiger partial charge in [-0.15, -0.1) is 22.8 Å². The Morgan fingerprint density at radius 1 is 1.40 bits per heavy atom. The van der Waals surface area contributed by atoms with Gasteiger partial charge in [0, 0.05) is 7.05 Å². The summed E-state index contributed by atoms with van der Waals surface area (Å²) in [5.74, 6) is 0.557. The van der Waals surface area contributed by atoms with Crippen molar-refractivity contribution >= 4 is 12.6 Å². The lowest BCUT2D eigenvalue weighted by Gasteiger charge is -1.98. The Labute approximate surface area is 92.7 Å². The molecular formula is C8H12N6S. The molecule has 0 spiro atoms. The molecule has 0 unspecified atom stereocenters. The van der Waals surface area contributed by atoms with Gasteiger partial charge >= 0.3 is 0 Å². The fraction of sp³-hybridized carbons (Fsp3) is 0.500. The molecule has 2 aromatic rings. The minimum absolute atomic E-state index is 0.200. The number of nitrogens with zero attached hydrogens (tertiary/aromatic N) is 6. The van der Waals surface area contributed by atoms with E-state index in [0.717, 1.165) is 10.6 Å². The molecule has 0 aliphatic carbocycles. The van der Waals surface area contributed by atoms with Crippen molar-refractivity contribution in [1.82, 2.24) is 30.0 Å². The summed E-state index contributed by atoms with van der Waals surface area (Å²) >= 11 is 4.32. The van der Waals surface area contributed by atoms with Crippen molar-refractivity contribution in [3.8, 4) is 11.4 Å². The first kappa shape index (κ1) is 10.2. The number of rotatable bonds is 2. The van der Waals surface area contributed by atoms with Gasteiger partial charge in [0.25, 0.3) is 0 Å². The lowest BCUT2D eigenvalue weighted by Crippen LogP contribution is -2.04. The molecule has 2 aromatic heterocycles. The quantitative estimate of drug-likeness (QED) is 0.771. The summed E-state index contributed by atoms with van der Waals surface area (Å²) in [5, 5.41) is 17.0.